The number of halogens is 2. The van der Waals surface area contributed by atoms with Crippen molar-refractivity contribution < 1.29 is 19.4 Å². The summed E-state index contributed by atoms with van der Waals surface area (Å²) in [7, 11) is 0. The van der Waals surface area contributed by atoms with E-state index in [0.29, 0.717) is 16.3 Å². The fourth-order valence-electron chi connectivity index (χ4n) is 2.97. The predicted molar refractivity (Wildman–Crippen MR) is 132 cm³/mol. The third-order valence-electron chi connectivity index (χ3n) is 4.76. The van der Waals surface area contributed by atoms with Gasteiger partial charge in [0.05, 0.1) is 11.2 Å². The molecule has 3 N–H and O–H groups in total. The topological polar surface area (TPSA) is 100 Å². The fourth-order valence-corrected chi connectivity index (χ4v) is 3.42. The van der Waals surface area contributed by atoms with Crippen LogP contribution in [0.4, 0.5) is 0 Å². The molecule has 34 heavy (non-hydrogen) atoms. The lowest BCUT2D eigenvalue weighted by Gasteiger charge is -2.21. The van der Waals surface area contributed by atoms with Crippen molar-refractivity contribution in [3.63, 3.8) is 0 Å². The van der Waals surface area contributed by atoms with Crippen LogP contribution < -0.4 is 15.5 Å². The first kappa shape index (κ1) is 25.1. The van der Waals surface area contributed by atoms with Gasteiger partial charge in [0.15, 0.2) is 6.10 Å². The lowest BCUT2D eigenvalue weighted by Crippen LogP contribution is -2.50. The summed E-state index contributed by atoms with van der Waals surface area (Å²) >= 11 is 12.0. The Morgan fingerprint density at radius 1 is 1.03 bits per heavy atom. The van der Waals surface area contributed by atoms with Gasteiger partial charge in [-0.1, -0.05) is 53.5 Å². The summed E-state index contributed by atoms with van der Waals surface area (Å²) in [6, 6.07) is 19.4. The number of benzene rings is 3. The minimum absolute atomic E-state index is 0.128. The third-order valence-corrected chi connectivity index (χ3v) is 5.29. The zero-order chi connectivity index (χ0) is 24.5. The first-order chi connectivity index (χ1) is 16.3. The maximum atomic E-state index is 12.8. The SMILES string of the molecule is C[C@@H](Oc1ccc(Cl)cc1Cl)C(=O)N[C@@H](Cc1ccccc1)C(=O)N/N=C\c1ccc(O)cc1. The first-order valence-electron chi connectivity index (χ1n) is 10.4. The van der Waals surface area contributed by atoms with Crippen molar-refractivity contribution in [2.75, 3.05) is 0 Å². The number of phenolic OH excluding ortho intramolecular Hbond substituents is 1. The predicted octanol–water partition coefficient (Wildman–Crippen LogP) is 4.34. The van der Waals surface area contributed by atoms with Crippen LogP contribution in [0.3, 0.4) is 0 Å². The average Bonchev–Trinajstić information content (AvgIpc) is 2.82. The first-order valence-corrected chi connectivity index (χ1v) is 11.2. The molecule has 3 rings (SSSR count). The van der Waals surface area contributed by atoms with E-state index in [0.717, 1.165) is 5.56 Å². The van der Waals surface area contributed by atoms with Crippen LogP contribution in [0.25, 0.3) is 0 Å². The van der Waals surface area contributed by atoms with Crippen molar-refractivity contribution in [3.8, 4) is 11.5 Å². The summed E-state index contributed by atoms with van der Waals surface area (Å²) in [5, 5.41) is 16.7. The van der Waals surface area contributed by atoms with E-state index < -0.39 is 24.0 Å². The zero-order valence-electron chi connectivity index (χ0n) is 18.2. The van der Waals surface area contributed by atoms with E-state index >= 15 is 0 Å². The Kier molecular flexibility index (Phi) is 8.90. The van der Waals surface area contributed by atoms with Gasteiger partial charge < -0.3 is 15.2 Å². The number of ether oxygens (including phenoxy) is 1. The van der Waals surface area contributed by atoms with Crippen molar-refractivity contribution in [3.05, 3.63) is 94.0 Å². The number of phenols is 1. The number of carbonyl (C=O) groups is 2. The highest BCUT2D eigenvalue weighted by Gasteiger charge is 2.25. The van der Waals surface area contributed by atoms with Gasteiger partial charge in [-0.2, -0.15) is 5.10 Å². The van der Waals surface area contributed by atoms with E-state index in [-0.39, 0.29) is 17.2 Å². The molecule has 0 heterocycles. The van der Waals surface area contributed by atoms with Crippen LogP contribution in [-0.4, -0.2) is 35.3 Å². The van der Waals surface area contributed by atoms with E-state index in [1.54, 1.807) is 31.2 Å². The number of aromatic hydroxyl groups is 1. The number of carbonyl (C=O) groups excluding carboxylic acids is 2. The van der Waals surface area contributed by atoms with Gasteiger partial charge in [0.1, 0.15) is 17.5 Å². The second kappa shape index (κ2) is 12.1. The van der Waals surface area contributed by atoms with Crippen LogP contribution in [-0.2, 0) is 16.0 Å². The van der Waals surface area contributed by atoms with Crippen molar-refractivity contribution in [2.45, 2.75) is 25.5 Å². The normalized spacial score (nSPS) is 12.7. The molecule has 3 aromatic carbocycles. The van der Waals surface area contributed by atoms with Crippen molar-refractivity contribution in [1.82, 2.24) is 10.7 Å². The molecular weight excluding hydrogens is 477 g/mol. The molecule has 0 bridgehead atoms. The summed E-state index contributed by atoms with van der Waals surface area (Å²) in [4.78, 5) is 25.7. The van der Waals surface area contributed by atoms with E-state index in [4.69, 9.17) is 27.9 Å². The van der Waals surface area contributed by atoms with Gasteiger partial charge >= 0.3 is 0 Å². The minimum atomic E-state index is -0.926. The second-order valence-corrected chi connectivity index (χ2v) is 8.26. The summed E-state index contributed by atoms with van der Waals surface area (Å²) in [5.74, 6) is -0.562. The fraction of sp³-hybridized carbons (Fsp3) is 0.160. The van der Waals surface area contributed by atoms with E-state index in [1.807, 2.05) is 30.3 Å². The van der Waals surface area contributed by atoms with Crippen LogP contribution in [0.1, 0.15) is 18.1 Å². The number of amides is 2. The molecule has 0 aliphatic carbocycles. The Morgan fingerprint density at radius 3 is 2.41 bits per heavy atom. The second-order valence-electron chi connectivity index (χ2n) is 7.41. The summed E-state index contributed by atoms with van der Waals surface area (Å²) < 4.78 is 5.66. The monoisotopic (exact) mass is 499 g/mol. The molecule has 0 unspecified atom stereocenters. The lowest BCUT2D eigenvalue weighted by molar-refractivity contribution is -0.132. The number of nitrogens with one attached hydrogen (secondary N) is 2. The molecule has 3 aromatic rings. The molecular formula is C25H23Cl2N3O4. The Bertz CT molecular complexity index is 1150. The Morgan fingerprint density at radius 2 is 1.74 bits per heavy atom. The molecule has 7 nitrogen and oxygen atoms in total. The van der Waals surface area contributed by atoms with Gasteiger partial charge in [-0.05, 0) is 60.5 Å². The summed E-state index contributed by atoms with van der Waals surface area (Å²) in [5.41, 5.74) is 4.00. The molecule has 9 heteroatoms. The van der Waals surface area contributed by atoms with Crippen LogP contribution in [0.5, 0.6) is 11.5 Å². The van der Waals surface area contributed by atoms with Gasteiger partial charge in [-0.25, -0.2) is 5.43 Å². The minimum Gasteiger partial charge on any atom is -0.508 e. The quantitative estimate of drug-likeness (QED) is 0.301. The van der Waals surface area contributed by atoms with Crippen LogP contribution in [0, 0.1) is 0 Å². The molecule has 2 amide bonds. The molecule has 0 aliphatic heterocycles. The maximum Gasteiger partial charge on any atom is 0.262 e. The summed E-state index contributed by atoms with van der Waals surface area (Å²) in [6.07, 6.45) is 0.763. The number of rotatable bonds is 9. The Labute approximate surface area is 207 Å². The molecule has 0 saturated heterocycles. The van der Waals surface area contributed by atoms with Gasteiger partial charge in [0, 0.05) is 11.4 Å². The lowest BCUT2D eigenvalue weighted by atomic mass is 10.1. The Hall–Kier alpha value is -3.55. The highest BCUT2D eigenvalue weighted by Crippen LogP contribution is 2.28. The molecule has 0 radical (unpaired) electrons. The number of hydrazone groups is 1. The van der Waals surface area contributed by atoms with Crippen molar-refractivity contribution in [2.24, 2.45) is 5.10 Å². The standard InChI is InChI=1S/C25H23Cl2N3O4/c1-16(34-23-12-9-19(26)14-21(23)27)24(32)29-22(13-17-5-3-2-4-6-17)25(33)30-28-15-18-7-10-20(31)11-8-18/h2-12,14-16,22,31H,13H2,1H3,(H,29,32)(H,30,33)/b28-15-/t16-,22+/m1/s1. The van der Waals surface area contributed by atoms with Crippen molar-refractivity contribution >= 4 is 41.2 Å². The number of hydrogen-bond donors (Lipinski definition) is 3. The molecule has 0 saturated carbocycles. The van der Waals surface area contributed by atoms with Crippen LogP contribution in [0.15, 0.2) is 77.9 Å². The molecule has 2 atom stereocenters. The highest BCUT2D eigenvalue weighted by molar-refractivity contribution is 6.35. The van der Waals surface area contributed by atoms with Gasteiger partial charge in [0.25, 0.3) is 11.8 Å². The van der Waals surface area contributed by atoms with Gasteiger partial charge in [-0.3, -0.25) is 9.59 Å². The molecule has 0 fully saturated rings. The largest absolute Gasteiger partial charge is 0.508 e. The maximum absolute atomic E-state index is 12.8. The highest BCUT2D eigenvalue weighted by atomic mass is 35.5. The number of nitrogens with zero attached hydrogens (tertiary/aromatic N) is 1. The van der Waals surface area contributed by atoms with Gasteiger partial charge in [-0.15, -0.1) is 0 Å². The molecule has 0 aromatic heterocycles. The van der Waals surface area contributed by atoms with Gasteiger partial charge in [0.2, 0.25) is 0 Å². The van der Waals surface area contributed by atoms with Crippen LogP contribution >= 0.6 is 23.2 Å². The van der Waals surface area contributed by atoms with E-state index in [2.05, 4.69) is 15.8 Å². The smallest absolute Gasteiger partial charge is 0.262 e. The zero-order valence-corrected chi connectivity index (χ0v) is 19.8. The van der Waals surface area contributed by atoms with E-state index in [1.165, 1.54) is 24.4 Å². The molecule has 176 valence electrons. The Balaban J connectivity index is 1.68. The molecule has 0 spiro atoms. The third kappa shape index (κ3) is 7.50. The number of hydrogen-bond acceptors (Lipinski definition) is 5. The van der Waals surface area contributed by atoms with Crippen LogP contribution in [0.2, 0.25) is 10.0 Å². The molecule has 0 aliphatic rings. The van der Waals surface area contributed by atoms with E-state index in [9.17, 15) is 14.7 Å². The summed E-state index contributed by atoms with van der Waals surface area (Å²) in [6.45, 7) is 1.56. The van der Waals surface area contributed by atoms with Crippen molar-refractivity contribution in [1.29, 1.82) is 0 Å². The average molecular weight is 500 g/mol.